The summed E-state index contributed by atoms with van der Waals surface area (Å²) in [7, 11) is 3.20. The fourth-order valence-corrected chi connectivity index (χ4v) is 2.59. The summed E-state index contributed by atoms with van der Waals surface area (Å²) in [6.45, 7) is 0. The maximum absolute atomic E-state index is 6.30. The van der Waals surface area contributed by atoms with Crippen LogP contribution in [0.4, 0.5) is 0 Å². The van der Waals surface area contributed by atoms with Crippen LogP contribution < -0.4 is 15.2 Å². The van der Waals surface area contributed by atoms with Crippen LogP contribution in [0.5, 0.6) is 11.5 Å². The van der Waals surface area contributed by atoms with Crippen molar-refractivity contribution in [2.24, 2.45) is 5.73 Å². The Labute approximate surface area is 131 Å². The van der Waals surface area contributed by atoms with E-state index in [1.165, 1.54) is 0 Å². The second kappa shape index (κ2) is 6.48. The van der Waals surface area contributed by atoms with E-state index in [4.69, 9.17) is 26.8 Å². The summed E-state index contributed by atoms with van der Waals surface area (Å²) in [5.41, 5.74) is 8.06. The van der Waals surface area contributed by atoms with E-state index in [-0.39, 0.29) is 6.04 Å². The molecular formula is C15H15BrClNO2. The van der Waals surface area contributed by atoms with Gasteiger partial charge in [0.05, 0.1) is 20.3 Å². The average Bonchev–Trinajstić information content (AvgIpc) is 2.48. The lowest BCUT2D eigenvalue weighted by atomic mass is 9.99. The summed E-state index contributed by atoms with van der Waals surface area (Å²) in [6.07, 6.45) is 0. The van der Waals surface area contributed by atoms with Gasteiger partial charge in [0.1, 0.15) is 0 Å². The predicted octanol–water partition coefficient (Wildman–Crippen LogP) is 4.17. The van der Waals surface area contributed by atoms with Crippen LogP contribution in [0.15, 0.2) is 40.9 Å². The topological polar surface area (TPSA) is 44.5 Å². The van der Waals surface area contributed by atoms with Crippen LogP contribution in [0.2, 0.25) is 5.02 Å². The zero-order valence-corrected chi connectivity index (χ0v) is 13.5. The van der Waals surface area contributed by atoms with Crippen LogP contribution in [0, 0.1) is 0 Å². The van der Waals surface area contributed by atoms with Crippen LogP contribution >= 0.6 is 27.5 Å². The highest BCUT2D eigenvalue weighted by molar-refractivity contribution is 9.10. The molecule has 0 heterocycles. The highest BCUT2D eigenvalue weighted by Gasteiger charge is 2.15. The summed E-state index contributed by atoms with van der Waals surface area (Å²) in [6, 6.07) is 10.9. The zero-order chi connectivity index (χ0) is 14.7. The molecule has 20 heavy (non-hydrogen) atoms. The lowest BCUT2D eigenvalue weighted by Gasteiger charge is -2.17. The number of ether oxygens (including phenoxy) is 2. The van der Waals surface area contributed by atoms with E-state index >= 15 is 0 Å². The van der Waals surface area contributed by atoms with Crippen molar-refractivity contribution in [1.29, 1.82) is 0 Å². The van der Waals surface area contributed by atoms with E-state index in [0.29, 0.717) is 16.5 Å². The highest BCUT2D eigenvalue weighted by atomic mass is 79.9. The number of halogens is 2. The third kappa shape index (κ3) is 3.08. The van der Waals surface area contributed by atoms with Gasteiger partial charge in [-0.25, -0.2) is 0 Å². The molecule has 0 amide bonds. The molecule has 0 saturated heterocycles. The number of rotatable bonds is 4. The Morgan fingerprint density at radius 3 is 2.40 bits per heavy atom. The van der Waals surface area contributed by atoms with E-state index in [9.17, 15) is 0 Å². The Bertz CT molecular complexity index is 619. The number of methoxy groups -OCH3 is 2. The largest absolute Gasteiger partial charge is 0.493 e. The fraction of sp³-hybridized carbons (Fsp3) is 0.200. The van der Waals surface area contributed by atoms with Gasteiger partial charge in [-0.1, -0.05) is 33.6 Å². The molecule has 1 unspecified atom stereocenters. The molecule has 3 nitrogen and oxygen atoms in total. The van der Waals surface area contributed by atoms with Gasteiger partial charge < -0.3 is 15.2 Å². The van der Waals surface area contributed by atoms with E-state index in [1.807, 2.05) is 36.4 Å². The van der Waals surface area contributed by atoms with E-state index in [1.54, 1.807) is 14.2 Å². The van der Waals surface area contributed by atoms with Crippen LogP contribution in [0.1, 0.15) is 17.2 Å². The molecule has 0 bridgehead atoms. The van der Waals surface area contributed by atoms with Crippen molar-refractivity contribution in [3.63, 3.8) is 0 Å². The second-order valence-electron chi connectivity index (χ2n) is 4.26. The number of hydrogen-bond acceptors (Lipinski definition) is 3. The number of hydrogen-bond donors (Lipinski definition) is 1. The minimum absolute atomic E-state index is 0.334. The Kier molecular flexibility index (Phi) is 4.91. The molecule has 0 aliphatic rings. The summed E-state index contributed by atoms with van der Waals surface area (Å²) < 4.78 is 11.5. The Morgan fingerprint density at radius 2 is 1.75 bits per heavy atom. The summed E-state index contributed by atoms with van der Waals surface area (Å²) in [5.74, 6) is 1.32. The molecule has 0 saturated carbocycles. The van der Waals surface area contributed by atoms with Gasteiger partial charge in [-0.2, -0.15) is 0 Å². The van der Waals surface area contributed by atoms with Crippen molar-refractivity contribution in [1.82, 2.24) is 0 Å². The summed E-state index contributed by atoms with van der Waals surface area (Å²) >= 11 is 9.65. The van der Waals surface area contributed by atoms with Gasteiger partial charge in [-0.05, 0) is 41.5 Å². The lowest BCUT2D eigenvalue weighted by Crippen LogP contribution is -2.12. The van der Waals surface area contributed by atoms with E-state index < -0.39 is 0 Å². The first-order valence-corrected chi connectivity index (χ1v) is 7.16. The maximum atomic E-state index is 6.30. The summed E-state index contributed by atoms with van der Waals surface area (Å²) in [4.78, 5) is 0. The third-order valence-corrected chi connectivity index (χ3v) is 3.90. The van der Waals surface area contributed by atoms with Gasteiger partial charge in [0.25, 0.3) is 0 Å². The molecule has 2 aromatic rings. The van der Waals surface area contributed by atoms with E-state index in [0.717, 1.165) is 15.6 Å². The minimum Gasteiger partial charge on any atom is -0.493 e. The van der Waals surface area contributed by atoms with Crippen LogP contribution in [-0.4, -0.2) is 14.2 Å². The van der Waals surface area contributed by atoms with Gasteiger partial charge in [0, 0.05) is 9.50 Å². The number of benzene rings is 2. The highest BCUT2D eigenvalue weighted by Crippen LogP contribution is 2.34. The average molecular weight is 357 g/mol. The van der Waals surface area contributed by atoms with Gasteiger partial charge in [-0.15, -0.1) is 0 Å². The van der Waals surface area contributed by atoms with Crippen molar-refractivity contribution in [2.45, 2.75) is 6.04 Å². The SMILES string of the molecule is COc1ccc(C(N)c2cc(Br)ccc2Cl)cc1OC. The Morgan fingerprint density at radius 1 is 1.05 bits per heavy atom. The summed E-state index contributed by atoms with van der Waals surface area (Å²) in [5, 5.41) is 0.635. The number of nitrogens with two attached hydrogens (primary N) is 1. The van der Waals surface area contributed by atoms with Crippen LogP contribution in [0.25, 0.3) is 0 Å². The molecule has 5 heteroatoms. The van der Waals surface area contributed by atoms with E-state index in [2.05, 4.69) is 15.9 Å². The van der Waals surface area contributed by atoms with Crippen molar-refractivity contribution in [2.75, 3.05) is 14.2 Å². The molecule has 1 atom stereocenters. The molecule has 106 valence electrons. The molecule has 0 aliphatic carbocycles. The van der Waals surface area contributed by atoms with Gasteiger partial charge >= 0.3 is 0 Å². The van der Waals surface area contributed by atoms with Gasteiger partial charge in [0.15, 0.2) is 11.5 Å². The fourth-order valence-electron chi connectivity index (χ4n) is 1.98. The third-order valence-electron chi connectivity index (χ3n) is 3.06. The molecule has 2 N–H and O–H groups in total. The molecule has 2 aromatic carbocycles. The van der Waals surface area contributed by atoms with Gasteiger partial charge in [0.2, 0.25) is 0 Å². The lowest BCUT2D eigenvalue weighted by molar-refractivity contribution is 0.354. The van der Waals surface area contributed by atoms with Crippen molar-refractivity contribution in [3.05, 3.63) is 57.0 Å². The molecule has 0 aliphatic heterocycles. The predicted molar refractivity (Wildman–Crippen MR) is 84.7 cm³/mol. The first-order valence-electron chi connectivity index (χ1n) is 5.99. The normalized spacial score (nSPS) is 12.1. The van der Waals surface area contributed by atoms with Crippen LogP contribution in [-0.2, 0) is 0 Å². The molecule has 0 fully saturated rings. The van der Waals surface area contributed by atoms with Gasteiger partial charge in [-0.3, -0.25) is 0 Å². The van der Waals surface area contributed by atoms with Crippen molar-refractivity contribution < 1.29 is 9.47 Å². The Hall–Kier alpha value is -1.23. The molecule has 0 radical (unpaired) electrons. The standard InChI is InChI=1S/C15H15BrClNO2/c1-19-13-6-3-9(7-14(13)20-2)15(18)11-8-10(16)4-5-12(11)17/h3-8,15H,18H2,1-2H3. The molecule has 2 rings (SSSR count). The minimum atomic E-state index is -0.334. The van der Waals surface area contributed by atoms with Crippen molar-refractivity contribution in [3.8, 4) is 11.5 Å². The van der Waals surface area contributed by atoms with Crippen molar-refractivity contribution >= 4 is 27.5 Å². The first kappa shape index (κ1) is 15.2. The zero-order valence-electron chi connectivity index (χ0n) is 11.2. The smallest absolute Gasteiger partial charge is 0.161 e. The molecule has 0 spiro atoms. The Balaban J connectivity index is 2.42. The second-order valence-corrected chi connectivity index (χ2v) is 5.58. The monoisotopic (exact) mass is 355 g/mol. The maximum Gasteiger partial charge on any atom is 0.161 e. The molecular weight excluding hydrogens is 342 g/mol. The van der Waals surface area contributed by atoms with Crippen LogP contribution in [0.3, 0.4) is 0 Å². The molecule has 0 aromatic heterocycles. The quantitative estimate of drug-likeness (QED) is 0.894. The first-order chi connectivity index (χ1) is 9.56.